The number of piperazine rings is 1. The molecule has 1 amide bonds. The number of anilines is 1. The van der Waals surface area contributed by atoms with E-state index in [4.69, 9.17) is 21.3 Å². The van der Waals surface area contributed by atoms with Crippen molar-refractivity contribution in [3.8, 4) is 0 Å². The van der Waals surface area contributed by atoms with Gasteiger partial charge in [-0.3, -0.25) is 14.8 Å². The van der Waals surface area contributed by atoms with E-state index >= 15 is 0 Å². The fourth-order valence-electron chi connectivity index (χ4n) is 3.90. The molecule has 2 aromatic heterocycles. The van der Waals surface area contributed by atoms with Gasteiger partial charge in [-0.2, -0.15) is 4.98 Å². The molecule has 164 valence electrons. The number of amides is 1. The van der Waals surface area contributed by atoms with Gasteiger partial charge >= 0.3 is 0 Å². The molecule has 4 rings (SSSR count). The van der Waals surface area contributed by atoms with Crippen molar-refractivity contribution in [2.24, 2.45) is 0 Å². The molecule has 0 aromatic carbocycles. The third-order valence-electron chi connectivity index (χ3n) is 5.67. The summed E-state index contributed by atoms with van der Waals surface area (Å²) >= 11 is 7.59. The summed E-state index contributed by atoms with van der Waals surface area (Å²) in [6.07, 6.45) is 0. The van der Waals surface area contributed by atoms with E-state index in [9.17, 15) is 4.79 Å². The van der Waals surface area contributed by atoms with Crippen molar-refractivity contribution in [1.82, 2.24) is 30.3 Å². The van der Waals surface area contributed by atoms with Crippen LogP contribution in [0.2, 0.25) is 4.34 Å². The van der Waals surface area contributed by atoms with Crippen LogP contribution in [0.1, 0.15) is 23.7 Å². The lowest BCUT2D eigenvalue weighted by Crippen LogP contribution is -2.55. The van der Waals surface area contributed by atoms with Crippen molar-refractivity contribution in [3.05, 3.63) is 27.2 Å². The molecule has 0 aliphatic carbocycles. The Hall–Kier alpha value is -1.72. The normalized spacial score (nSPS) is 23.0. The van der Waals surface area contributed by atoms with Crippen LogP contribution in [-0.4, -0.2) is 89.9 Å². The Balaban J connectivity index is 1.38. The number of halogens is 1. The first-order chi connectivity index (χ1) is 14.5. The van der Waals surface area contributed by atoms with Crippen molar-refractivity contribution in [2.45, 2.75) is 25.6 Å². The number of nitrogens with one attached hydrogen (secondary N) is 2. The van der Waals surface area contributed by atoms with Gasteiger partial charge in [-0.05, 0) is 19.1 Å². The van der Waals surface area contributed by atoms with Gasteiger partial charge in [0.15, 0.2) is 0 Å². The summed E-state index contributed by atoms with van der Waals surface area (Å²) < 4.78 is 6.13. The van der Waals surface area contributed by atoms with E-state index in [1.165, 1.54) is 0 Å². The van der Waals surface area contributed by atoms with E-state index in [-0.39, 0.29) is 18.0 Å². The number of aromatic nitrogens is 3. The van der Waals surface area contributed by atoms with Crippen LogP contribution in [0.4, 0.5) is 5.95 Å². The van der Waals surface area contributed by atoms with Crippen LogP contribution in [0.3, 0.4) is 0 Å². The SMILES string of the molecule is CC1C(c2nc(N(C)Cc3ccc(Cl)s3)n[nH]2)NCCN1CC(=O)N1CCOCC1. The highest BCUT2D eigenvalue weighted by molar-refractivity contribution is 7.16. The highest BCUT2D eigenvalue weighted by Gasteiger charge is 2.33. The first-order valence-electron chi connectivity index (χ1n) is 10.2. The van der Waals surface area contributed by atoms with Crippen LogP contribution in [0.15, 0.2) is 12.1 Å². The number of H-pyrrole nitrogens is 1. The lowest BCUT2D eigenvalue weighted by molar-refractivity contribution is -0.137. The number of thiophene rings is 1. The van der Waals surface area contributed by atoms with E-state index in [2.05, 4.69) is 27.3 Å². The number of morpholine rings is 1. The Morgan fingerprint density at radius 1 is 1.37 bits per heavy atom. The summed E-state index contributed by atoms with van der Waals surface area (Å²) in [4.78, 5) is 24.7. The Morgan fingerprint density at radius 3 is 2.90 bits per heavy atom. The molecule has 2 N–H and O–H groups in total. The van der Waals surface area contributed by atoms with E-state index in [1.807, 2.05) is 29.0 Å². The molecule has 2 atom stereocenters. The zero-order valence-corrected chi connectivity index (χ0v) is 18.9. The van der Waals surface area contributed by atoms with Crippen molar-refractivity contribution >= 4 is 34.8 Å². The van der Waals surface area contributed by atoms with Crippen LogP contribution in [0, 0.1) is 0 Å². The number of rotatable bonds is 6. The zero-order chi connectivity index (χ0) is 21.1. The van der Waals surface area contributed by atoms with E-state index in [0.717, 1.165) is 28.1 Å². The molecule has 0 bridgehead atoms. The zero-order valence-electron chi connectivity index (χ0n) is 17.3. The van der Waals surface area contributed by atoms with Crippen LogP contribution in [0.5, 0.6) is 0 Å². The minimum Gasteiger partial charge on any atom is -0.378 e. The highest BCUT2D eigenvalue weighted by atomic mass is 35.5. The van der Waals surface area contributed by atoms with Crippen LogP contribution < -0.4 is 10.2 Å². The fraction of sp³-hybridized carbons (Fsp3) is 0.632. The smallest absolute Gasteiger partial charge is 0.244 e. The summed E-state index contributed by atoms with van der Waals surface area (Å²) in [6, 6.07) is 4.03. The lowest BCUT2D eigenvalue weighted by atomic mass is 10.0. The molecule has 0 radical (unpaired) electrons. The second kappa shape index (κ2) is 9.61. The van der Waals surface area contributed by atoms with E-state index in [1.54, 1.807) is 11.3 Å². The van der Waals surface area contributed by atoms with Gasteiger partial charge in [0.2, 0.25) is 11.9 Å². The predicted molar refractivity (Wildman–Crippen MR) is 117 cm³/mol. The molecule has 11 heteroatoms. The highest BCUT2D eigenvalue weighted by Crippen LogP contribution is 2.25. The number of aromatic amines is 1. The van der Waals surface area contributed by atoms with Gasteiger partial charge in [-0.25, -0.2) is 0 Å². The van der Waals surface area contributed by atoms with Crippen LogP contribution >= 0.6 is 22.9 Å². The summed E-state index contributed by atoms with van der Waals surface area (Å²) in [7, 11) is 1.96. The number of hydrogen-bond donors (Lipinski definition) is 2. The largest absolute Gasteiger partial charge is 0.378 e. The van der Waals surface area contributed by atoms with E-state index in [0.29, 0.717) is 45.3 Å². The molecule has 4 heterocycles. The summed E-state index contributed by atoms with van der Waals surface area (Å²) in [5, 5.41) is 11.0. The molecule has 2 aromatic rings. The van der Waals surface area contributed by atoms with Gasteiger partial charge in [-0.1, -0.05) is 11.6 Å². The summed E-state index contributed by atoms with van der Waals surface area (Å²) in [6.45, 7) is 7.46. The Kier molecular flexibility index (Phi) is 6.89. The Bertz CT molecular complexity index is 854. The Morgan fingerprint density at radius 2 is 2.17 bits per heavy atom. The quantitative estimate of drug-likeness (QED) is 0.682. The fourth-order valence-corrected chi connectivity index (χ4v) is 5.04. The second-order valence-corrected chi connectivity index (χ2v) is 9.52. The minimum absolute atomic E-state index is 0.0120. The molecule has 0 spiro atoms. The maximum absolute atomic E-state index is 12.7. The predicted octanol–water partition coefficient (Wildman–Crippen LogP) is 1.35. The molecule has 2 aliphatic rings. The molecule has 0 saturated carbocycles. The Labute approximate surface area is 185 Å². The molecule has 2 aliphatic heterocycles. The van der Waals surface area contributed by atoms with Crippen molar-refractivity contribution in [2.75, 3.05) is 57.9 Å². The second-order valence-electron chi connectivity index (χ2n) is 7.72. The standard InChI is InChI=1S/C19H28ClN7O2S/c1-13-17(21-5-6-27(13)12-16(28)26-7-9-29-10-8-26)18-22-19(24-23-18)25(2)11-14-3-4-15(20)30-14/h3-4,13,17,21H,5-12H2,1-2H3,(H,22,23,24). The topological polar surface area (TPSA) is 89.6 Å². The number of nitrogens with zero attached hydrogens (tertiary/aromatic N) is 5. The molecule has 2 saturated heterocycles. The maximum atomic E-state index is 12.7. The third kappa shape index (κ3) is 4.94. The maximum Gasteiger partial charge on any atom is 0.244 e. The number of carbonyl (C=O) groups excluding carboxylic acids is 1. The van der Waals surface area contributed by atoms with E-state index < -0.39 is 0 Å². The molecular formula is C19H28ClN7O2S. The monoisotopic (exact) mass is 453 g/mol. The average molecular weight is 454 g/mol. The number of hydrogen-bond acceptors (Lipinski definition) is 8. The first kappa shape index (κ1) is 21.5. The van der Waals surface area contributed by atoms with Crippen LogP contribution in [0.25, 0.3) is 0 Å². The molecule has 2 unspecified atom stereocenters. The van der Waals surface area contributed by atoms with Gasteiger partial charge < -0.3 is 19.9 Å². The van der Waals surface area contributed by atoms with Crippen LogP contribution in [-0.2, 0) is 16.1 Å². The number of ether oxygens (including phenoxy) is 1. The molecule has 9 nitrogen and oxygen atoms in total. The summed E-state index contributed by atoms with van der Waals surface area (Å²) in [5.41, 5.74) is 0. The van der Waals surface area contributed by atoms with Crippen molar-refractivity contribution < 1.29 is 9.53 Å². The molecule has 30 heavy (non-hydrogen) atoms. The van der Waals surface area contributed by atoms with Crippen molar-refractivity contribution in [3.63, 3.8) is 0 Å². The number of carbonyl (C=O) groups is 1. The minimum atomic E-state index is -0.0120. The van der Waals surface area contributed by atoms with Gasteiger partial charge in [-0.15, -0.1) is 16.4 Å². The van der Waals surface area contributed by atoms with Crippen molar-refractivity contribution in [1.29, 1.82) is 0 Å². The lowest BCUT2D eigenvalue weighted by Gasteiger charge is -2.39. The average Bonchev–Trinajstić information content (AvgIpc) is 3.39. The van der Waals surface area contributed by atoms with Gasteiger partial charge in [0.1, 0.15) is 5.82 Å². The summed E-state index contributed by atoms with van der Waals surface area (Å²) in [5.74, 6) is 1.60. The van der Waals surface area contributed by atoms with Gasteiger partial charge in [0.25, 0.3) is 0 Å². The molecule has 2 fully saturated rings. The first-order valence-corrected chi connectivity index (χ1v) is 11.4. The van der Waals surface area contributed by atoms with Gasteiger partial charge in [0.05, 0.1) is 36.7 Å². The van der Waals surface area contributed by atoms with Gasteiger partial charge in [0, 0.05) is 44.1 Å². The third-order valence-corrected chi connectivity index (χ3v) is 6.89. The molecular weight excluding hydrogens is 426 g/mol.